The van der Waals surface area contributed by atoms with Gasteiger partial charge in [0.2, 0.25) is 0 Å². The Kier molecular flexibility index (Phi) is 4.37. The van der Waals surface area contributed by atoms with Gasteiger partial charge in [-0.05, 0) is 52.7 Å². The van der Waals surface area contributed by atoms with E-state index in [1.807, 2.05) is 19.1 Å². The van der Waals surface area contributed by atoms with Gasteiger partial charge in [-0.25, -0.2) is 5.01 Å². The number of carbonyl (C=O) groups excluding carboxylic acids is 2. The fourth-order valence-electron chi connectivity index (χ4n) is 2.36. The Bertz CT molecular complexity index is 922. The smallest absolute Gasteiger partial charge is 0.267 e. The van der Waals surface area contributed by atoms with E-state index in [1.54, 1.807) is 18.2 Å². The van der Waals surface area contributed by atoms with Crippen molar-refractivity contribution in [2.24, 2.45) is 0 Å². The first-order valence-electron chi connectivity index (χ1n) is 7.24. The summed E-state index contributed by atoms with van der Waals surface area (Å²) in [5, 5.41) is 12.2. The average Bonchev–Trinajstić information content (AvgIpc) is 2.85. The number of halogens is 1. The molecule has 2 aromatic rings. The molecular weight excluding hydrogens is 390 g/mol. The molecule has 8 heteroatoms. The Hall–Kier alpha value is -3.00. The summed E-state index contributed by atoms with van der Waals surface area (Å²) in [5.74, 6) is -1.07. The minimum atomic E-state index is -0.559. The third-order valence-corrected chi connectivity index (χ3v) is 4.33. The van der Waals surface area contributed by atoms with Crippen LogP contribution in [-0.2, 0) is 9.59 Å². The zero-order chi connectivity index (χ0) is 18.1. The maximum Gasteiger partial charge on any atom is 0.284 e. The zero-order valence-corrected chi connectivity index (χ0v) is 14.6. The molecule has 0 aliphatic carbocycles. The van der Waals surface area contributed by atoms with Crippen LogP contribution in [0.5, 0.6) is 0 Å². The van der Waals surface area contributed by atoms with Crippen molar-refractivity contribution in [3.8, 4) is 0 Å². The second-order valence-electron chi connectivity index (χ2n) is 5.44. The molecule has 2 amide bonds. The first-order valence-corrected chi connectivity index (χ1v) is 8.04. The van der Waals surface area contributed by atoms with Gasteiger partial charge < -0.3 is 0 Å². The highest BCUT2D eigenvalue weighted by molar-refractivity contribution is 9.10. The van der Waals surface area contributed by atoms with E-state index in [0.717, 1.165) is 10.6 Å². The van der Waals surface area contributed by atoms with Crippen LogP contribution in [0.1, 0.15) is 11.1 Å². The molecule has 0 atom stereocenters. The highest BCUT2D eigenvalue weighted by atomic mass is 79.9. The molecule has 1 aliphatic heterocycles. The molecule has 126 valence electrons. The molecule has 2 aromatic carbocycles. The van der Waals surface area contributed by atoms with Crippen LogP contribution in [0.3, 0.4) is 0 Å². The SMILES string of the molecule is Cc1ccc(N2NC(=O)/C(=C\c3ccc(Br)c([N+](=O)[O-])c3)C2=O)cc1. The van der Waals surface area contributed by atoms with E-state index in [9.17, 15) is 19.7 Å². The van der Waals surface area contributed by atoms with E-state index in [1.165, 1.54) is 18.2 Å². The Morgan fingerprint density at radius 1 is 1.16 bits per heavy atom. The van der Waals surface area contributed by atoms with Gasteiger partial charge in [-0.2, -0.15) is 0 Å². The van der Waals surface area contributed by atoms with Crippen LogP contribution in [-0.4, -0.2) is 16.7 Å². The van der Waals surface area contributed by atoms with Gasteiger partial charge >= 0.3 is 0 Å². The number of carbonyl (C=O) groups is 2. The number of nitro benzene ring substituents is 1. The van der Waals surface area contributed by atoms with Crippen molar-refractivity contribution >= 4 is 45.2 Å². The summed E-state index contributed by atoms with van der Waals surface area (Å²) in [5.41, 5.74) is 4.21. The lowest BCUT2D eigenvalue weighted by atomic mass is 10.1. The van der Waals surface area contributed by atoms with Crippen molar-refractivity contribution < 1.29 is 14.5 Å². The molecule has 1 heterocycles. The molecule has 1 saturated heterocycles. The number of benzene rings is 2. The average molecular weight is 402 g/mol. The zero-order valence-electron chi connectivity index (χ0n) is 13.0. The van der Waals surface area contributed by atoms with Crippen LogP contribution < -0.4 is 10.4 Å². The van der Waals surface area contributed by atoms with Crippen LogP contribution in [0, 0.1) is 17.0 Å². The fraction of sp³-hybridized carbons (Fsp3) is 0.0588. The van der Waals surface area contributed by atoms with Crippen molar-refractivity contribution in [1.29, 1.82) is 0 Å². The number of amides is 2. The van der Waals surface area contributed by atoms with E-state index >= 15 is 0 Å². The van der Waals surface area contributed by atoms with Crippen molar-refractivity contribution in [2.75, 3.05) is 5.01 Å². The quantitative estimate of drug-likeness (QED) is 0.370. The highest BCUT2D eigenvalue weighted by Gasteiger charge is 2.34. The number of hydrogen-bond acceptors (Lipinski definition) is 4. The van der Waals surface area contributed by atoms with Gasteiger partial charge in [0.25, 0.3) is 17.5 Å². The largest absolute Gasteiger partial charge is 0.284 e. The standard InChI is InChI=1S/C17H12BrN3O4/c1-10-2-5-12(6-3-10)20-17(23)13(16(22)19-20)8-11-4-7-14(18)15(9-11)21(24)25/h2-9H,1H3,(H,19,22)/b13-8+. The minimum absolute atomic E-state index is 0.0859. The molecule has 3 rings (SSSR count). The first-order chi connectivity index (χ1) is 11.9. The predicted octanol–water partition coefficient (Wildman–Crippen LogP) is 3.13. The molecule has 0 unspecified atom stereocenters. The van der Waals surface area contributed by atoms with Crippen LogP contribution in [0.15, 0.2) is 52.5 Å². The predicted molar refractivity (Wildman–Crippen MR) is 95.6 cm³/mol. The second-order valence-corrected chi connectivity index (χ2v) is 6.30. The summed E-state index contributed by atoms with van der Waals surface area (Å²) >= 11 is 3.10. The van der Waals surface area contributed by atoms with Gasteiger partial charge in [0.15, 0.2) is 0 Å². The number of anilines is 1. The maximum absolute atomic E-state index is 12.5. The van der Waals surface area contributed by atoms with Gasteiger partial charge in [0, 0.05) is 6.07 Å². The maximum atomic E-state index is 12.5. The fourth-order valence-corrected chi connectivity index (χ4v) is 2.75. The number of nitrogens with zero attached hydrogens (tertiary/aromatic N) is 2. The number of aryl methyl sites for hydroxylation is 1. The molecule has 1 N–H and O–H groups in total. The highest BCUT2D eigenvalue weighted by Crippen LogP contribution is 2.28. The monoisotopic (exact) mass is 401 g/mol. The molecule has 7 nitrogen and oxygen atoms in total. The third kappa shape index (κ3) is 3.29. The Morgan fingerprint density at radius 2 is 1.84 bits per heavy atom. The second kappa shape index (κ2) is 6.48. The lowest BCUT2D eigenvalue weighted by molar-refractivity contribution is -0.385. The van der Waals surface area contributed by atoms with Gasteiger partial charge in [-0.3, -0.25) is 25.1 Å². The molecule has 25 heavy (non-hydrogen) atoms. The van der Waals surface area contributed by atoms with Crippen LogP contribution >= 0.6 is 15.9 Å². The Morgan fingerprint density at radius 3 is 2.48 bits per heavy atom. The summed E-state index contributed by atoms with van der Waals surface area (Å²) < 4.78 is 0.322. The number of nitro groups is 1. The molecule has 0 saturated carbocycles. The minimum Gasteiger partial charge on any atom is -0.267 e. The lowest BCUT2D eigenvalue weighted by Crippen LogP contribution is -2.35. The summed E-state index contributed by atoms with van der Waals surface area (Å²) in [6.45, 7) is 1.92. The molecular formula is C17H12BrN3O4. The lowest BCUT2D eigenvalue weighted by Gasteiger charge is -2.14. The first kappa shape index (κ1) is 16.8. The van der Waals surface area contributed by atoms with E-state index in [4.69, 9.17) is 0 Å². The van der Waals surface area contributed by atoms with Gasteiger partial charge in [-0.15, -0.1) is 0 Å². The van der Waals surface area contributed by atoms with E-state index in [0.29, 0.717) is 15.7 Å². The number of hydrogen-bond donors (Lipinski definition) is 1. The molecule has 1 aliphatic rings. The van der Waals surface area contributed by atoms with Crippen molar-refractivity contribution in [1.82, 2.24) is 5.43 Å². The van der Waals surface area contributed by atoms with Crippen LogP contribution in [0.4, 0.5) is 11.4 Å². The molecule has 0 bridgehead atoms. The van der Waals surface area contributed by atoms with E-state index in [-0.39, 0.29) is 11.3 Å². The van der Waals surface area contributed by atoms with Crippen molar-refractivity contribution in [3.05, 3.63) is 73.8 Å². The normalized spacial score (nSPS) is 15.6. The van der Waals surface area contributed by atoms with Crippen LogP contribution in [0.2, 0.25) is 0 Å². The van der Waals surface area contributed by atoms with E-state index in [2.05, 4.69) is 21.4 Å². The molecule has 0 radical (unpaired) electrons. The molecule has 0 aromatic heterocycles. The number of hydrazine groups is 1. The summed E-state index contributed by atoms with van der Waals surface area (Å²) in [7, 11) is 0. The van der Waals surface area contributed by atoms with E-state index < -0.39 is 16.7 Å². The van der Waals surface area contributed by atoms with Crippen molar-refractivity contribution in [3.63, 3.8) is 0 Å². The van der Waals surface area contributed by atoms with Gasteiger partial charge in [0.1, 0.15) is 5.57 Å². The van der Waals surface area contributed by atoms with Gasteiger partial charge in [-0.1, -0.05) is 23.8 Å². The Labute approximate surface area is 151 Å². The third-order valence-electron chi connectivity index (χ3n) is 3.66. The number of nitrogens with one attached hydrogen (secondary N) is 1. The van der Waals surface area contributed by atoms with Crippen molar-refractivity contribution in [2.45, 2.75) is 6.92 Å². The van der Waals surface area contributed by atoms with Crippen LogP contribution in [0.25, 0.3) is 6.08 Å². The summed E-state index contributed by atoms with van der Waals surface area (Å²) in [4.78, 5) is 35.1. The Balaban J connectivity index is 1.95. The summed E-state index contributed by atoms with van der Waals surface area (Å²) in [6.07, 6.45) is 1.34. The van der Waals surface area contributed by atoms with Gasteiger partial charge in [0.05, 0.1) is 15.1 Å². The molecule has 0 spiro atoms. The topological polar surface area (TPSA) is 92.6 Å². The summed E-state index contributed by atoms with van der Waals surface area (Å²) in [6, 6.07) is 11.5. The number of rotatable bonds is 3. The molecule has 1 fully saturated rings.